The van der Waals surface area contributed by atoms with E-state index in [4.69, 9.17) is 4.74 Å². The number of nitrogens with zero attached hydrogens (tertiary/aromatic N) is 1. The van der Waals surface area contributed by atoms with Crippen LogP contribution in [0.15, 0.2) is 182 Å². The Balaban J connectivity index is 0.991. The van der Waals surface area contributed by atoms with Crippen molar-refractivity contribution in [2.24, 2.45) is 0 Å². The summed E-state index contributed by atoms with van der Waals surface area (Å²) in [5.74, 6) is 1.83. The molecule has 3 heterocycles. The van der Waals surface area contributed by atoms with Gasteiger partial charge in [-0.1, -0.05) is 158 Å². The Kier molecular flexibility index (Phi) is 5.76. The second-order valence-corrected chi connectivity index (χ2v) is 14.5. The average molecular weight is 677 g/mol. The molecule has 0 radical (unpaired) electrons. The third-order valence-electron chi connectivity index (χ3n) is 11.9. The van der Waals surface area contributed by atoms with Crippen LogP contribution in [0.1, 0.15) is 34.0 Å². The lowest BCUT2D eigenvalue weighted by Gasteiger charge is -2.40. The van der Waals surface area contributed by atoms with Gasteiger partial charge in [0.2, 0.25) is 0 Å². The molecule has 1 aliphatic carbocycles. The molecule has 3 heteroatoms. The number of fused-ring (bicyclic) bond motifs is 17. The smallest absolute Gasteiger partial charge is 0.140 e. The molecule has 8 aromatic rings. The second kappa shape index (κ2) is 10.6. The highest BCUT2D eigenvalue weighted by atomic mass is 16.5. The minimum atomic E-state index is -0.476. The minimum Gasteiger partial charge on any atom is -0.456 e. The number of nitrogens with one attached hydrogen (secondary N) is 1. The quantitative estimate of drug-likeness (QED) is 0.197. The molecule has 0 aromatic heterocycles. The average Bonchev–Trinajstić information content (AvgIpc) is 3.76. The molecule has 0 bridgehead atoms. The Labute approximate surface area is 308 Å². The van der Waals surface area contributed by atoms with Crippen molar-refractivity contribution in [1.29, 1.82) is 0 Å². The van der Waals surface area contributed by atoms with E-state index in [0.29, 0.717) is 0 Å². The number of hydrogen-bond donors (Lipinski definition) is 1. The Morgan fingerprint density at radius 2 is 1.04 bits per heavy atom. The van der Waals surface area contributed by atoms with Crippen LogP contribution in [-0.4, -0.2) is 0 Å². The fourth-order valence-corrected chi connectivity index (χ4v) is 9.71. The Morgan fingerprint density at radius 3 is 1.85 bits per heavy atom. The van der Waals surface area contributed by atoms with E-state index in [0.717, 1.165) is 28.3 Å². The molecule has 3 nitrogen and oxygen atoms in total. The van der Waals surface area contributed by atoms with E-state index in [1.165, 1.54) is 72.6 Å². The van der Waals surface area contributed by atoms with Gasteiger partial charge in [-0.2, -0.15) is 0 Å². The van der Waals surface area contributed by atoms with Crippen LogP contribution < -0.4 is 15.0 Å². The molecular weight excluding hydrogens is 645 g/mol. The number of rotatable bonds is 2. The maximum absolute atomic E-state index is 6.94. The molecule has 12 rings (SSSR count). The molecule has 248 valence electrons. The van der Waals surface area contributed by atoms with Crippen LogP contribution >= 0.6 is 0 Å². The Hall–Kier alpha value is -6.84. The number of benzene rings is 8. The van der Waals surface area contributed by atoms with Gasteiger partial charge in [0, 0.05) is 27.8 Å². The van der Waals surface area contributed by atoms with Crippen LogP contribution in [-0.2, 0) is 5.41 Å². The summed E-state index contributed by atoms with van der Waals surface area (Å²) in [5.41, 5.74) is 19.1. The van der Waals surface area contributed by atoms with Crippen LogP contribution in [0.2, 0.25) is 0 Å². The second-order valence-electron chi connectivity index (χ2n) is 14.5. The summed E-state index contributed by atoms with van der Waals surface area (Å²) < 4.78 is 6.94. The van der Waals surface area contributed by atoms with Gasteiger partial charge >= 0.3 is 0 Å². The summed E-state index contributed by atoms with van der Waals surface area (Å²) in [4.78, 5) is 2.46. The van der Waals surface area contributed by atoms with Crippen molar-refractivity contribution in [3.63, 3.8) is 0 Å². The summed E-state index contributed by atoms with van der Waals surface area (Å²) >= 11 is 0. The van der Waals surface area contributed by atoms with Gasteiger partial charge in [0.25, 0.3) is 0 Å². The zero-order valence-corrected chi connectivity index (χ0v) is 28.8. The standard InChI is InChI=1S/C50H32N2O/c1-2-15-39-35(12-1)38-29-28-33(30-46(38)52-45-22-9-8-21-44(45)51-49(39)52)31-24-26-32(27-25-31)34-16-11-20-43-48(34)53-47-23-10-7-19-42(47)50(43)40-17-5-3-13-36(40)37-14-4-6-18-41(37)50/h1-30,49,51H. The molecule has 1 N–H and O–H groups in total. The van der Waals surface area contributed by atoms with Gasteiger partial charge in [-0.05, 0) is 68.8 Å². The lowest BCUT2D eigenvalue weighted by Crippen LogP contribution is -2.32. The predicted octanol–water partition coefficient (Wildman–Crippen LogP) is 12.7. The largest absolute Gasteiger partial charge is 0.456 e. The first-order valence-corrected chi connectivity index (χ1v) is 18.4. The van der Waals surface area contributed by atoms with Gasteiger partial charge in [0.1, 0.15) is 17.7 Å². The highest BCUT2D eigenvalue weighted by molar-refractivity contribution is 5.97. The maximum atomic E-state index is 6.94. The number of para-hydroxylation sites is 4. The van der Waals surface area contributed by atoms with Crippen molar-refractivity contribution in [2.75, 3.05) is 10.2 Å². The lowest BCUT2D eigenvalue weighted by molar-refractivity contribution is 0.438. The first-order valence-electron chi connectivity index (χ1n) is 18.4. The predicted molar refractivity (Wildman–Crippen MR) is 215 cm³/mol. The summed E-state index contributed by atoms with van der Waals surface area (Å²) in [6.45, 7) is 0. The zero-order valence-electron chi connectivity index (χ0n) is 28.8. The molecule has 8 aromatic carbocycles. The molecule has 1 atom stereocenters. The summed E-state index contributed by atoms with van der Waals surface area (Å²) in [6.07, 6.45) is 0.0604. The van der Waals surface area contributed by atoms with E-state index in [9.17, 15) is 0 Å². The van der Waals surface area contributed by atoms with Crippen molar-refractivity contribution >= 4 is 17.1 Å². The van der Waals surface area contributed by atoms with Gasteiger partial charge in [0.05, 0.1) is 22.5 Å². The van der Waals surface area contributed by atoms with Gasteiger partial charge in [-0.15, -0.1) is 0 Å². The van der Waals surface area contributed by atoms with Gasteiger partial charge in [-0.25, -0.2) is 0 Å². The molecule has 0 fully saturated rings. The molecule has 1 unspecified atom stereocenters. The Bertz CT molecular complexity index is 2770. The van der Waals surface area contributed by atoms with Crippen LogP contribution in [0.3, 0.4) is 0 Å². The topological polar surface area (TPSA) is 24.5 Å². The molecule has 0 saturated carbocycles. The molecule has 0 amide bonds. The van der Waals surface area contributed by atoms with Crippen molar-refractivity contribution in [3.8, 4) is 56.0 Å². The van der Waals surface area contributed by atoms with E-state index in [1.807, 2.05) is 0 Å². The zero-order chi connectivity index (χ0) is 34.7. The monoisotopic (exact) mass is 676 g/mol. The van der Waals surface area contributed by atoms with E-state index in [-0.39, 0.29) is 6.17 Å². The Morgan fingerprint density at radius 1 is 0.434 bits per heavy atom. The molecule has 0 saturated heterocycles. The van der Waals surface area contributed by atoms with E-state index in [2.05, 4.69) is 192 Å². The number of anilines is 3. The van der Waals surface area contributed by atoms with Gasteiger partial charge < -0.3 is 15.0 Å². The van der Waals surface area contributed by atoms with Crippen LogP contribution in [0, 0.1) is 0 Å². The minimum absolute atomic E-state index is 0.0604. The summed E-state index contributed by atoms with van der Waals surface area (Å²) in [7, 11) is 0. The van der Waals surface area contributed by atoms with Crippen LogP contribution in [0.5, 0.6) is 11.5 Å². The van der Waals surface area contributed by atoms with Crippen molar-refractivity contribution in [3.05, 3.63) is 210 Å². The third kappa shape index (κ3) is 3.78. The van der Waals surface area contributed by atoms with Gasteiger partial charge in [0.15, 0.2) is 0 Å². The highest BCUT2D eigenvalue weighted by Crippen LogP contribution is 2.63. The van der Waals surface area contributed by atoms with E-state index >= 15 is 0 Å². The molecular formula is C50H32N2O. The maximum Gasteiger partial charge on any atom is 0.140 e. The van der Waals surface area contributed by atoms with Crippen molar-refractivity contribution in [1.82, 2.24) is 0 Å². The highest BCUT2D eigenvalue weighted by Gasteiger charge is 2.51. The molecule has 1 spiro atoms. The van der Waals surface area contributed by atoms with E-state index in [1.54, 1.807) is 0 Å². The van der Waals surface area contributed by atoms with Crippen LogP contribution in [0.4, 0.5) is 17.1 Å². The summed E-state index contributed by atoms with van der Waals surface area (Å²) in [6, 6.07) is 66.4. The fraction of sp³-hybridized carbons (Fsp3) is 0.0400. The van der Waals surface area contributed by atoms with Gasteiger partial charge in [-0.3, -0.25) is 0 Å². The lowest BCUT2D eigenvalue weighted by atomic mass is 9.65. The van der Waals surface area contributed by atoms with E-state index < -0.39 is 5.41 Å². The fourth-order valence-electron chi connectivity index (χ4n) is 9.71. The number of ether oxygens (including phenoxy) is 1. The number of hydrogen-bond acceptors (Lipinski definition) is 3. The summed E-state index contributed by atoms with van der Waals surface area (Å²) in [5, 5.41) is 3.79. The van der Waals surface area contributed by atoms with Crippen LogP contribution in [0.25, 0.3) is 44.5 Å². The van der Waals surface area contributed by atoms with Crippen molar-refractivity contribution < 1.29 is 4.74 Å². The SMILES string of the molecule is c1ccc2c(c1)NC1c3ccccc3-c3ccc(-c4ccc(-c5cccc6c5Oc5ccccc5C65c6ccccc6-c6ccccc65)cc4)cc3N21. The third-order valence-corrected chi connectivity index (χ3v) is 11.9. The normalized spacial score (nSPS) is 15.8. The molecule has 4 aliphatic rings. The van der Waals surface area contributed by atoms with Crippen molar-refractivity contribution in [2.45, 2.75) is 11.6 Å². The molecule has 3 aliphatic heterocycles. The first kappa shape index (κ1) is 28.8. The molecule has 53 heavy (non-hydrogen) atoms. The first-order chi connectivity index (χ1) is 26.3.